The molecule has 10 nitrogen and oxygen atoms in total. The second-order valence-corrected chi connectivity index (χ2v) is 8.54. The summed E-state index contributed by atoms with van der Waals surface area (Å²) in [4.78, 5) is 20.8. The van der Waals surface area contributed by atoms with Crippen LogP contribution in [0.1, 0.15) is 25.5 Å². The quantitative estimate of drug-likeness (QED) is 0.423. The van der Waals surface area contributed by atoms with Crippen molar-refractivity contribution < 1.29 is 14.9 Å². The monoisotopic (exact) mass is 447 g/mol. The van der Waals surface area contributed by atoms with Crippen LogP contribution in [0, 0.1) is 0 Å². The van der Waals surface area contributed by atoms with E-state index in [2.05, 4.69) is 20.2 Å². The molecule has 2 fully saturated rings. The number of pyridine rings is 1. The lowest BCUT2D eigenvalue weighted by atomic mass is 10.2. The van der Waals surface area contributed by atoms with Crippen LogP contribution in [-0.4, -0.2) is 66.6 Å². The summed E-state index contributed by atoms with van der Waals surface area (Å²) in [5.74, 6) is 1.25. The molecule has 3 atom stereocenters. The Morgan fingerprint density at radius 1 is 1.12 bits per heavy atom. The summed E-state index contributed by atoms with van der Waals surface area (Å²) in [6.07, 6.45) is 4.24. The van der Waals surface area contributed by atoms with Crippen molar-refractivity contribution in [2.75, 3.05) is 29.9 Å². The van der Waals surface area contributed by atoms with Crippen LogP contribution in [0.15, 0.2) is 42.9 Å². The maximum atomic E-state index is 10.2. The van der Waals surface area contributed by atoms with Gasteiger partial charge in [-0.3, -0.25) is 9.55 Å². The van der Waals surface area contributed by atoms with Gasteiger partial charge in [-0.05, 0) is 37.1 Å². The largest absolute Gasteiger partial charge is 0.394 e. The summed E-state index contributed by atoms with van der Waals surface area (Å²) >= 11 is 0. The van der Waals surface area contributed by atoms with Crippen LogP contribution < -0.4 is 10.2 Å². The average molecular weight is 447 g/mol. The minimum atomic E-state index is -0.735. The fourth-order valence-corrected chi connectivity index (χ4v) is 4.65. The van der Waals surface area contributed by atoms with Gasteiger partial charge in [0.05, 0.1) is 24.6 Å². The van der Waals surface area contributed by atoms with Gasteiger partial charge in [0.1, 0.15) is 12.3 Å². The topological polar surface area (TPSA) is 121 Å². The molecule has 0 bridgehead atoms. The summed E-state index contributed by atoms with van der Waals surface area (Å²) in [6.45, 7) is 1.61. The molecule has 10 heteroatoms. The third-order valence-corrected chi connectivity index (χ3v) is 6.36. The molecule has 6 rings (SSSR count). The number of aliphatic hydroxyl groups is 2. The number of aromatic nitrogens is 5. The first-order valence-corrected chi connectivity index (χ1v) is 11.3. The Balaban J connectivity index is 1.41. The predicted octanol–water partition coefficient (Wildman–Crippen LogP) is 2.36. The minimum Gasteiger partial charge on any atom is -0.394 e. The van der Waals surface area contributed by atoms with Crippen LogP contribution in [0.3, 0.4) is 0 Å². The molecule has 2 saturated heterocycles. The van der Waals surface area contributed by atoms with Crippen molar-refractivity contribution in [2.45, 2.75) is 37.7 Å². The SMILES string of the molecule is OCC1OC(n2cnc3c(N4CCCC4)nc(Nc4ccc5ncccc5c4)nc32)CC1O. The fourth-order valence-electron chi connectivity index (χ4n) is 4.65. The molecule has 1 aromatic carbocycles. The number of nitrogens with one attached hydrogen (secondary N) is 1. The van der Waals surface area contributed by atoms with Crippen molar-refractivity contribution in [1.29, 1.82) is 0 Å². The average Bonchev–Trinajstić information content (AvgIpc) is 3.58. The highest BCUT2D eigenvalue weighted by Gasteiger charge is 2.36. The fraction of sp³-hybridized carbons (Fsp3) is 0.391. The zero-order valence-corrected chi connectivity index (χ0v) is 18.0. The summed E-state index contributed by atoms with van der Waals surface area (Å²) < 4.78 is 7.69. The van der Waals surface area contributed by atoms with Gasteiger partial charge in [0.15, 0.2) is 17.0 Å². The van der Waals surface area contributed by atoms with Gasteiger partial charge < -0.3 is 25.2 Å². The molecule has 3 aromatic heterocycles. The van der Waals surface area contributed by atoms with Crippen molar-refractivity contribution in [3.05, 3.63) is 42.9 Å². The van der Waals surface area contributed by atoms with E-state index in [0.717, 1.165) is 48.3 Å². The molecule has 4 aromatic rings. The lowest BCUT2D eigenvalue weighted by Gasteiger charge is -2.19. The Hall–Kier alpha value is -3.34. The van der Waals surface area contributed by atoms with Crippen molar-refractivity contribution in [3.8, 4) is 0 Å². The third kappa shape index (κ3) is 3.65. The number of hydrogen-bond acceptors (Lipinski definition) is 9. The lowest BCUT2D eigenvalue weighted by molar-refractivity contribution is -0.0432. The van der Waals surface area contributed by atoms with Gasteiger partial charge in [-0.25, -0.2) is 4.98 Å². The molecule has 2 aliphatic heterocycles. The number of anilines is 3. The van der Waals surface area contributed by atoms with Gasteiger partial charge in [0.2, 0.25) is 5.95 Å². The van der Waals surface area contributed by atoms with Crippen molar-refractivity contribution in [1.82, 2.24) is 24.5 Å². The Bertz CT molecular complexity index is 1300. The summed E-state index contributed by atoms with van der Waals surface area (Å²) in [6, 6.07) is 9.87. The molecule has 0 radical (unpaired) electrons. The van der Waals surface area contributed by atoms with E-state index in [9.17, 15) is 10.2 Å². The predicted molar refractivity (Wildman–Crippen MR) is 123 cm³/mol. The van der Waals surface area contributed by atoms with Crippen LogP contribution in [0.2, 0.25) is 0 Å². The molecule has 0 aliphatic carbocycles. The van der Waals surface area contributed by atoms with Gasteiger partial charge >= 0.3 is 0 Å². The molecule has 33 heavy (non-hydrogen) atoms. The number of nitrogens with zero attached hydrogens (tertiary/aromatic N) is 6. The molecular formula is C23H25N7O3. The van der Waals surface area contributed by atoms with E-state index >= 15 is 0 Å². The highest BCUT2D eigenvalue weighted by Crippen LogP contribution is 2.34. The highest BCUT2D eigenvalue weighted by molar-refractivity contribution is 5.86. The van der Waals surface area contributed by atoms with E-state index in [4.69, 9.17) is 14.7 Å². The number of ether oxygens (including phenoxy) is 1. The molecule has 170 valence electrons. The molecule has 3 N–H and O–H groups in total. The van der Waals surface area contributed by atoms with Gasteiger partial charge in [-0.15, -0.1) is 0 Å². The van der Waals surface area contributed by atoms with E-state index in [-0.39, 0.29) is 6.61 Å². The van der Waals surface area contributed by atoms with Crippen molar-refractivity contribution in [2.24, 2.45) is 0 Å². The van der Waals surface area contributed by atoms with E-state index in [1.807, 2.05) is 34.9 Å². The molecule has 0 spiro atoms. The zero-order chi connectivity index (χ0) is 22.4. The molecule has 5 heterocycles. The van der Waals surface area contributed by atoms with Crippen LogP contribution in [-0.2, 0) is 4.74 Å². The van der Waals surface area contributed by atoms with Crippen LogP contribution >= 0.6 is 0 Å². The van der Waals surface area contributed by atoms with Gasteiger partial charge in [0, 0.05) is 36.8 Å². The Morgan fingerprint density at radius 2 is 2.00 bits per heavy atom. The first-order chi connectivity index (χ1) is 16.2. The van der Waals surface area contributed by atoms with Crippen molar-refractivity contribution >= 4 is 39.5 Å². The Labute approximate surface area is 189 Å². The molecular weight excluding hydrogens is 422 g/mol. The standard InChI is InChI=1S/C23H25N7O3/c31-12-18-17(32)11-19(33-18)30-13-25-20-21(29-8-1-2-9-29)27-23(28-22(20)30)26-15-5-6-16-14(10-15)4-3-7-24-16/h3-7,10,13,17-19,31-32H,1-2,8-9,11-12H2,(H,26,27,28). The molecule has 0 saturated carbocycles. The Morgan fingerprint density at radius 3 is 2.82 bits per heavy atom. The number of hydrogen-bond donors (Lipinski definition) is 3. The maximum Gasteiger partial charge on any atom is 0.231 e. The summed E-state index contributed by atoms with van der Waals surface area (Å²) in [5.41, 5.74) is 3.12. The molecule has 3 unspecified atom stereocenters. The normalized spacial score (nSPS) is 23.1. The Kier molecular flexibility index (Phi) is 5.05. The minimum absolute atomic E-state index is 0.234. The second kappa shape index (κ2) is 8.22. The van der Waals surface area contributed by atoms with Crippen LogP contribution in [0.5, 0.6) is 0 Å². The summed E-state index contributed by atoms with van der Waals surface area (Å²) in [5, 5.41) is 24.1. The van der Waals surface area contributed by atoms with Crippen LogP contribution in [0.4, 0.5) is 17.5 Å². The number of imidazole rings is 1. The number of aliphatic hydroxyl groups excluding tert-OH is 2. The van der Waals surface area contributed by atoms with E-state index < -0.39 is 18.4 Å². The zero-order valence-electron chi connectivity index (χ0n) is 18.0. The van der Waals surface area contributed by atoms with E-state index in [1.165, 1.54) is 0 Å². The third-order valence-electron chi connectivity index (χ3n) is 6.36. The summed E-state index contributed by atoms with van der Waals surface area (Å²) in [7, 11) is 0. The first kappa shape index (κ1) is 20.3. The first-order valence-electron chi connectivity index (χ1n) is 11.3. The molecule has 0 amide bonds. The van der Waals surface area contributed by atoms with Gasteiger partial charge in [-0.1, -0.05) is 6.07 Å². The highest BCUT2D eigenvalue weighted by atomic mass is 16.5. The maximum absolute atomic E-state index is 10.2. The molecule has 2 aliphatic rings. The van der Waals surface area contributed by atoms with E-state index in [1.54, 1.807) is 12.5 Å². The second-order valence-electron chi connectivity index (χ2n) is 8.54. The van der Waals surface area contributed by atoms with Gasteiger partial charge in [0.25, 0.3) is 0 Å². The number of fused-ring (bicyclic) bond motifs is 2. The van der Waals surface area contributed by atoms with E-state index in [0.29, 0.717) is 23.5 Å². The number of benzene rings is 1. The van der Waals surface area contributed by atoms with Crippen molar-refractivity contribution in [3.63, 3.8) is 0 Å². The lowest BCUT2D eigenvalue weighted by Crippen LogP contribution is -2.24. The van der Waals surface area contributed by atoms with Crippen LogP contribution in [0.25, 0.3) is 22.1 Å². The number of rotatable bonds is 5. The smallest absolute Gasteiger partial charge is 0.231 e. The van der Waals surface area contributed by atoms with Gasteiger partial charge in [-0.2, -0.15) is 9.97 Å².